The lowest BCUT2D eigenvalue weighted by molar-refractivity contribution is -0.141. The van der Waals surface area contributed by atoms with E-state index < -0.39 is 17.8 Å². The van der Waals surface area contributed by atoms with Crippen LogP contribution in [0.2, 0.25) is 5.02 Å². The molecule has 1 aromatic carbocycles. The molecule has 1 aliphatic heterocycles. The van der Waals surface area contributed by atoms with E-state index in [4.69, 9.17) is 20.8 Å². The standard InChI is InChI=1S/C24H24ClNO6/c1-4-11-31-24(30)19-12-16(5-7-20(19)25)21-8-6-17(32-21)13-18-14(2)15(3)22(28)26(9-10-27)23(18)29/h5-8,12-13,27H,4,9-11H2,1-3H3/b18-13-. The summed E-state index contributed by atoms with van der Waals surface area (Å²) < 4.78 is 11.1. The van der Waals surface area contributed by atoms with Gasteiger partial charge in [0, 0.05) is 16.7 Å². The van der Waals surface area contributed by atoms with Crippen LogP contribution in [-0.4, -0.2) is 47.5 Å². The van der Waals surface area contributed by atoms with Gasteiger partial charge in [-0.2, -0.15) is 0 Å². The van der Waals surface area contributed by atoms with E-state index in [1.165, 1.54) is 0 Å². The fraction of sp³-hybridized carbons (Fsp3) is 0.292. The normalized spacial score (nSPS) is 15.7. The van der Waals surface area contributed by atoms with Crippen LogP contribution >= 0.6 is 11.6 Å². The molecule has 0 unspecified atom stereocenters. The van der Waals surface area contributed by atoms with Crippen LogP contribution in [0.4, 0.5) is 0 Å². The van der Waals surface area contributed by atoms with Crippen molar-refractivity contribution in [3.05, 3.63) is 63.4 Å². The van der Waals surface area contributed by atoms with Gasteiger partial charge >= 0.3 is 5.97 Å². The first-order chi connectivity index (χ1) is 15.3. The predicted molar refractivity (Wildman–Crippen MR) is 120 cm³/mol. The molecule has 2 aromatic rings. The number of furan rings is 1. The lowest BCUT2D eigenvalue weighted by atomic mass is 9.95. The lowest BCUT2D eigenvalue weighted by Crippen LogP contribution is -2.43. The number of nitrogens with zero attached hydrogens (tertiary/aromatic N) is 1. The number of carbonyl (C=O) groups is 3. The number of hydrogen-bond donors (Lipinski definition) is 1. The molecule has 168 valence electrons. The highest BCUT2D eigenvalue weighted by Crippen LogP contribution is 2.30. The first-order valence-electron chi connectivity index (χ1n) is 10.2. The molecule has 3 rings (SSSR count). The first-order valence-corrected chi connectivity index (χ1v) is 10.6. The third kappa shape index (κ3) is 4.69. The van der Waals surface area contributed by atoms with Gasteiger partial charge in [0.05, 0.1) is 30.3 Å². The van der Waals surface area contributed by atoms with E-state index in [0.717, 1.165) is 4.90 Å². The maximum atomic E-state index is 12.8. The van der Waals surface area contributed by atoms with Crippen molar-refractivity contribution in [3.63, 3.8) is 0 Å². The van der Waals surface area contributed by atoms with Crippen molar-refractivity contribution in [2.75, 3.05) is 19.8 Å². The van der Waals surface area contributed by atoms with Crippen molar-refractivity contribution in [1.29, 1.82) is 0 Å². The average molecular weight is 458 g/mol. The highest BCUT2D eigenvalue weighted by molar-refractivity contribution is 6.33. The molecule has 0 radical (unpaired) electrons. The van der Waals surface area contributed by atoms with Crippen LogP contribution in [0, 0.1) is 0 Å². The van der Waals surface area contributed by atoms with Crippen LogP contribution < -0.4 is 0 Å². The van der Waals surface area contributed by atoms with Gasteiger partial charge in [-0.1, -0.05) is 18.5 Å². The zero-order valence-corrected chi connectivity index (χ0v) is 18.9. The molecule has 32 heavy (non-hydrogen) atoms. The molecule has 1 N–H and O–H groups in total. The highest BCUT2D eigenvalue weighted by Gasteiger charge is 2.33. The van der Waals surface area contributed by atoms with Gasteiger partial charge in [0.15, 0.2) is 0 Å². The van der Waals surface area contributed by atoms with Gasteiger partial charge in [-0.3, -0.25) is 14.5 Å². The lowest BCUT2D eigenvalue weighted by Gasteiger charge is -2.27. The third-order valence-electron chi connectivity index (χ3n) is 5.15. The smallest absolute Gasteiger partial charge is 0.339 e. The van der Waals surface area contributed by atoms with E-state index in [0.29, 0.717) is 46.8 Å². The van der Waals surface area contributed by atoms with E-state index in [2.05, 4.69) is 0 Å². The number of amides is 2. The van der Waals surface area contributed by atoms with Crippen LogP contribution in [0.1, 0.15) is 43.3 Å². The topological polar surface area (TPSA) is 97.0 Å². The summed E-state index contributed by atoms with van der Waals surface area (Å²) in [5, 5.41) is 9.48. The number of ether oxygens (including phenoxy) is 1. The van der Waals surface area contributed by atoms with Crippen LogP contribution in [0.3, 0.4) is 0 Å². The zero-order chi connectivity index (χ0) is 23.4. The number of carbonyl (C=O) groups excluding carboxylic acids is 3. The second-order valence-corrected chi connectivity index (χ2v) is 7.73. The SMILES string of the molecule is CCCOC(=O)c1cc(-c2ccc(/C=C3\C(=O)N(CCO)C(=O)C(C)=C3C)o2)ccc1Cl. The molecule has 0 bridgehead atoms. The number of aliphatic hydroxyl groups excluding tert-OH is 1. The molecule has 0 aliphatic carbocycles. The fourth-order valence-electron chi connectivity index (χ4n) is 3.27. The number of aliphatic hydroxyl groups is 1. The second-order valence-electron chi connectivity index (χ2n) is 7.33. The number of imide groups is 1. The largest absolute Gasteiger partial charge is 0.462 e. The minimum absolute atomic E-state index is 0.0787. The minimum Gasteiger partial charge on any atom is -0.462 e. The Labute approximate surface area is 190 Å². The third-order valence-corrected chi connectivity index (χ3v) is 5.48. The number of rotatable bonds is 7. The van der Waals surface area contributed by atoms with E-state index in [9.17, 15) is 19.5 Å². The molecule has 8 heteroatoms. The number of halogens is 1. The first kappa shape index (κ1) is 23.5. The molecule has 0 saturated heterocycles. The van der Waals surface area contributed by atoms with E-state index in [-0.39, 0.29) is 23.7 Å². The summed E-state index contributed by atoms with van der Waals surface area (Å²) >= 11 is 6.15. The summed E-state index contributed by atoms with van der Waals surface area (Å²) in [7, 11) is 0. The van der Waals surface area contributed by atoms with Gasteiger partial charge < -0.3 is 14.3 Å². The molecule has 1 aliphatic rings. The Hall–Kier alpha value is -3.16. The number of esters is 1. The molecular weight excluding hydrogens is 434 g/mol. The quantitative estimate of drug-likeness (QED) is 0.379. The van der Waals surface area contributed by atoms with Crippen LogP contribution in [0.15, 0.2) is 51.5 Å². The number of benzene rings is 1. The van der Waals surface area contributed by atoms with Gasteiger partial charge in [-0.05, 0) is 62.2 Å². The maximum Gasteiger partial charge on any atom is 0.339 e. The summed E-state index contributed by atoms with van der Waals surface area (Å²) in [5.74, 6) is -0.535. The van der Waals surface area contributed by atoms with Crippen molar-refractivity contribution < 1.29 is 28.6 Å². The van der Waals surface area contributed by atoms with Crippen LogP contribution in [-0.2, 0) is 14.3 Å². The Bertz CT molecular complexity index is 1130. The van der Waals surface area contributed by atoms with Crippen LogP contribution in [0.5, 0.6) is 0 Å². The predicted octanol–water partition coefficient (Wildman–Crippen LogP) is 4.25. The molecular formula is C24H24ClNO6. The molecule has 0 fully saturated rings. The van der Waals surface area contributed by atoms with Crippen molar-refractivity contribution in [3.8, 4) is 11.3 Å². The van der Waals surface area contributed by atoms with Crippen molar-refractivity contribution in [2.45, 2.75) is 27.2 Å². The highest BCUT2D eigenvalue weighted by atomic mass is 35.5. The number of β-amino-alcohol motifs (C(OH)–C–C–N with tert-alkyl or cyclic N) is 1. The molecule has 7 nitrogen and oxygen atoms in total. The van der Waals surface area contributed by atoms with Gasteiger partial charge in [-0.15, -0.1) is 0 Å². The molecule has 0 atom stereocenters. The number of hydrogen-bond acceptors (Lipinski definition) is 6. The van der Waals surface area contributed by atoms with Crippen molar-refractivity contribution in [1.82, 2.24) is 4.90 Å². The minimum atomic E-state index is -0.509. The summed E-state index contributed by atoms with van der Waals surface area (Å²) in [6, 6.07) is 8.32. The zero-order valence-electron chi connectivity index (χ0n) is 18.1. The van der Waals surface area contributed by atoms with E-state index in [1.807, 2.05) is 6.92 Å². The fourth-order valence-corrected chi connectivity index (χ4v) is 3.47. The maximum absolute atomic E-state index is 12.8. The summed E-state index contributed by atoms with van der Waals surface area (Å²) in [6.07, 6.45) is 2.26. The summed E-state index contributed by atoms with van der Waals surface area (Å²) in [6.45, 7) is 5.14. The summed E-state index contributed by atoms with van der Waals surface area (Å²) in [4.78, 5) is 38.4. The average Bonchev–Trinajstić information content (AvgIpc) is 3.25. The molecule has 0 saturated carbocycles. The monoisotopic (exact) mass is 457 g/mol. The second kappa shape index (κ2) is 9.97. The van der Waals surface area contributed by atoms with Crippen molar-refractivity contribution in [2.24, 2.45) is 0 Å². The molecule has 1 aromatic heterocycles. The Morgan fingerprint density at radius 1 is 1.16 bits per heavy atom. The Morgan fingerprint density at radius 2 is 1.91 bits per heavy atom. The van der Waals surface area contributed by atoms with Gasteiger partial charge in [0.25, 0.3) is 11.8 Å². The van der Waals surface area contributed by atoms with Gasteiger partial charge in [0.1, 0.15) is 11.5 Å². The Balaban J connectivity index is 1.94. The van der Waals surface area contributed by atoms with Gasteiger partial charge in [-0.25, -0.2) is 4.79 Å². The Kier molecular flexibility index (Phi) is 7.33. The molecule has 2 heterocycles. The van der Waals surface area contributed by atoms with Gasteiger partial charge in [0.2, 0.25) is 0 Å². The van der Waals surface area contributed by atoms with E-state index >= 15 is 0 Å². The Morgan fingerprint density at radius 3 is 2.59 bits per heavy atom. The molecule has 2 amide bonds. The molecule has 0 spiro atoms. The van der Waals surface area contributed by atoms with E-state index in [1.54, 1.807) is 50.3 Å². The summed E-state index contributed by atoms with van der Waals surface area (Å²) in [5.41, 5.74) is 2.17. The van der Waals surface area contributed by atoms with Crippen LogP contribution in [0.25, 0.3) is 17.4 Å². The van der Waals surface area contributed by atoms with Crippen molar-refractivity contribution >= 4 is 35.5 Å².